The summed E-state index contributed by atoms with van der Waals surface area (Å²) in [4.78, 5) is 0. The van der Waals surface area contributed by atoms with Crippen LogP contribution in [0.25, 0.3) is 0 Å². The van der Waals surface area contributed by atoms with Crippen LogP contribution in [0.2, 0.25) is 0 Å². The first-order chi connectivity index (χ1) is 7.19. The lowest BCUT2D eigenvalue weighted by Gasteiger charge is -2.47. The molecule has 1 spiro atoms. The predicted octanol–water partition coefficient (Wildman–Crippen LogP) is 0.984. The van der Waals surface area contributed by atoms with E-state index in [0.717, 1.165) is 13.1 Å². The number of rotatable bonds is 0. The largest absolute Gasteiger partial charge is 0.484 e. The number of hydrogen-bond donors (Lipinski definition) is 2. The van der Waals surface area contributed by atoms with Crippen LogP contribution in [0, 0.1) is 5.82 Å². The van der Waals surface area contributed by atoms with Crippen LogP contribution in [0.4, 0.5) is 4.39 Å². The highest BCUT2D eigenvalue weighted by molar-refractivity contribution is 5.39. The fourth-order valence-electron chi connectivity index (χ4n) is 2.23. The van der Waals surface area contributed by atoms with Gasteiger partial charge in [-0.15, -0.1) is 0 Å². The summed E-state index contributed by atoms with van der Waals surface area (Å²) < 4.78 is 18.8. The molecule has 2 aliphatic rings. The SMILES string of the molecule is OC1CC2(CNC2)Oc2ccc(F)cc21. The second kappa shape index (κ2) is 2.93. The molecule has 3 rings (SSSR count). The summed E-state index contributed by atoms with van der Waals surface area (Å²) in [6, 6.07) is 4.29. The van der Waals surface area contributed by atoms with E-state index in [4.69, 9.17) is 4.74 Å². The third kappa shape index (κ3) is 1.33. The number of hydrogen-bond acceptors (Lipinski definition) is 3. The highest BCUT2D eigenvalue weighted by atomic mass is 19.1. The Balaban J connectivity index is 2.01. The van der Waals surface area contributed by atoms with Crippen molar-refractivity contribution in [2.45, 2.75) is 18.1 Å². The number of nitrogens with one attached hydrogen (secondary N) is 1. The Morgan fingerprint density at radius 3 is 2.93 bits per heavy atom. The highest BCUT2D eigenvalue weighted by Crippen LogP contribution is 2.41. The van der Waals surface area contributed by atoms with Crippen molar-refractivity contribution in [3.8, 4) is 5.75 Å². The molecule has 0 aromatic heterocycles. The van der Waals surface area contributed by atoms with E-state index >= 15 is 0 Å². The molecule has 0 amide bonds. The van der Waals surface area contributed by atoms with E-state index in [-0.39, 0.29) is 11.4 Å². The standard InChI is InChI=1S/C11H12FNO2/c12-7-1-2-10-8(3-7)9(14)4-11(15-10)5-13-6-11/h1-3,9,13-14H,4-6H2. The monoisotopic (exact) mass is 209 g/mol. The fourth-order valence-corrected chi connectivity index (χ4v) is 2.23. The van der Waals surface area contributed by atoms with Gasteiger partial charge in [-0.25, -0.2) is 4.39 Å². The van der Waals surface area contributed by atoms with Gasteiger partial charge in [0.15, 0.2) is 0 Å². The maximum atomic E-state index is 13.0. The maximum absolute atomic E-state index is 13.0. The molecule has 1 aromatic rings. The Labute approximate surface area is 86.9 Å². The van der Waals surface area contributed by atoms with E-state index < -0.39 is 6.10 Å². The summed E-state index contributed by atoms with van der Waals surface area (Å²) in [7, 11) is 0. The van der Waals surface area contributed by atoms with Crippen LogP contribution in [0.1, 0.15) is 18.1 Å². The van der Waals surface area contributed by atoms with Crippen LogP contribution in [-0.2, 0) is 0 Å². The summed E-state index contributed by atoms with van der Waals surface area (Å²) in [6.45, 7) is 1.50. The van der Waals surface area contributed by atoms with Gasteiger partial charge in [0.1, 0.15) is 17.2 Å². The second-order valence-corrected chi connectivity index (χ2v) is 4.29. The first-order valence-corrected chi connectivity index (χ1v) is 5.06. The average molecular weight is 209 g/mol. The molecule has 0 aliphatic carbocycles. The van der Waals surface area contributed by atoms with Crippen molar-refractivity contribution in [2.75, 3.05) is 13.1 Å². The molecule has 3 nitrogen and oxygen atoms in total. The topological polar surface area (TPSA) is 41.5 Å². The van der Waals surface area contributed by atoms with Crippen molar-refractivity contribution in [2.24, 2.45) is 0 Å². The van der Waals surface area contributed by atoms with E-state index in [1.54, 1.807) is 6.07 Å². The normalized spacial score (nSPS) is 26.7. The molecule has 15 heavy (non-hydrogen) atoms. The summed E-state index contributed by atoms with van der Waals surface area (Å²) in [5.41, 5.74) is 0.289. The number of aliphatic hydroxyl groups excluding tert-OH is 1. The van der Waals surface area contributed by atoms with Crippen LogP contribution in [0.15, 0.2) is 18.2 Å². The van der Waals surface area contributed by atoms with Crippen molar-refractivity contribution in [1.29, 1.82) is 0 Å². The lowest BCUT2D eigenvalue weighted by atomic mass is 9.84. The third-order valence-electron chi connectivity index (χ3n) is 3.12. The molecule has 0 saturated carbocycles. The number of fused-ring (bicyclic) bond motifs is 1. The van der Waals surface area contributed by atoms with Crippen molar-refractivity contribution < 1.29 is 14.2 Å². The molecule has 2 N–H and O–H groups in total. The zero-order valence-electron chi connectivity index (χ0n) is 8.16. The van der Waals surface area contributed by atoms with Gasteiger partial charge in [-0.05, 0) is 18.2 Å². The molecule has 2 heterocycles. The summed E-state index contributed by atoms with van der Waals surface area (Å²) in [5, 5.41) is 13.0. The maximum Gasteiger partial charge on any atom is 0.136 e. The quantitative estimate of drug-likeness (QED) is 0.669. The summed E-state index contributed by atoms with van der Waals surface area (Å²) in [5.74, 6) is 0.274. The second-order valence-electron chi connectivity index (χ2n) is 4.29. The van der Waals surface area contributed by atoms with Crippen molar-refractivity contribution >= 4 is 0 Å². The van der Waals surface area contributed by atoms with Crippen LogP contribution in [0.5, 0.6) is 5.75 Å². The van der Waals surface area contributed by atoms with Crippen molar-refractivity contribution in [3.63, 3.8) is 0 Å². The molecular formula is C11H12FNO2. The van der Waals surface area contributed by atoms with Crippen molar-refractivity contribution in [3.05, 3.63) is 29.6 Å². The van der Waals surface area contributed by atoms with E-state index in [1.807, 2.05) is 0 Å². The lowest BCUT2D eigenvalue weighted by Crippen LogP contribution is -2.64. The molecule has 1 saturated heterocycles. The molecule has 4 heteroatoms. The molecule has 1 fully saturated rings. The van der Waals surface area contributed by atoms with Gasteiger partial charge in [-0.1, -0.05) is 0 Å². The van der Waals surface area contributed by atoms with Crippen LogP contribution >= 0.6 is 0 Å². The van der Waals surface area contributed by atoms with Crippen molar-refractivity contribution in [1.82, 2.24) is 5.32 Å². The predicted molar refractivity (Wildman–Crippen MR) is 52.2 cm³/mol. The molecule has 1 unspecified atom stereocenters. The zero-order valence-corrected chi connectivity index (χ0v) is 8.16. The van der Waals surface area contributed by atoms with Gasteiger partial charge in [-0.2, -0.15) is 0 Å². The highest BCUT2D eigenvalue weighted by Gasteiger charge is 2.45. The number of halogens is 1. The van der Waals surface area contributed by atoms with E-state index in [2.05, 4.69) is 5.32 Å². The van der Waals surface area contributed by atoms with Crippen LogP contribution in [0.3, 0.4) is 0 Å². The number of ether oxygens (including phenoxy) is 1. The lowest BCUT2D eigenvalue weighted by molar-refractivity contribution is -0.0484. The van der Waals surface area contributed by atoms with E-state index in [0.29, 0.717) is 17.7 Å². The van der Waals surface area contributed by atoms with Gasteiger partial charge < -0.3 is 15.2 Å². The van der Waals surface area contributed by atoms with E-state index in [1.165, 1.54) is 12.1 Å². The molecule has 0 radical (unpaired) electrons. The minimum absolute atomic E-state index is 0.274. The Morgan fingerprint density at radius 1 is 1.47 bits per heavy atom. The Hall–Kier alpha value is -1.13. The molecule has 2 aliphatic heterocycles. The Morgan fingerprint density at radius 2 is 2.27 bits per heavy atom. The first kappa shape index (κ1) is 9.12. The number of benzene rings is 1. The smallest absolute Gasteiger partial charge is 0.136 e. The van der Waals surface area contributed by atoms with Gasteiger partial charge in [0.25, 0.3) is 0 Å². The first-order valence-electron chi connectivity index (χ1n) is 5.06. The molecule has 80 valence electrons. The third-order valence-corrected chi connectivity index (χ3v) is 3.12. The molecular weight excluding hydrogens is 197 g/mol. The molecule has 1 aromatic carbocycles. The zero-order chi connectivity index (χ0) is 10.5. The van der Waals surface area contributed by atoms with Crippen LogP contribution in [-0.4, -0.2) is 23.8 Å². The number of aliphatic hydroxyl groups is 1. The fraction of sp³-hybridized carbons (Fsp3) is 0.455. The average Bonchev–Trinajstić information content (AvgIpc) is 2.16. The Kier molecular flexibility index (Phi) is 1.78. The molecule has 0 bridgehead atoms. The summed E-state index contributed by atoms with van der Waals surface area (Å²) >= 11 is 0. The van der Waals surface area contributed by atoms with Gasteiger partial charge in [0, 0.05) is 25.1 Å². The minimum atomic E-state index is -0.619. The van der Waals surface area contributed by atoms with Gasteiger partial charge in [0.05, 0.1) is 6.10 Å². The van der Waals surface area contributed by atoms with Gasteiger partial charge in [0.2, 0.25) is 0 Å². The van der Waals surface area contributed by atoms with Gasteiger partial charge >= 0.3 is 0 Å². The minimum Gasteiger partial charge on any atom is -0.484 e. The van der Waals surface area contributed by atoms with E-state index in [9.17, 15) is 9.50 Å². The Bertz CT molecular complexity index is 404. The summed E-state index contributed by atoms with van der Waals surface area (Å²) in [6.07, 6.45) is -0.0808. The molecule has 1 atom stereocenters. The van der Waals surface area contributed by atoms with Gasteiger partial charge in [-0.3, -0.25) is 0 Å². The van der Waals surface area contributed by atoms with Crippen LogP contribution < -0.4 is 10.1 Å².